The minimum absolute atomic E-state index is 0.0460. The van der Waals surface area contributed by atoms with Crippen molar-refractivity contribution in [2.24, 2.45) is 5.73 Å². The molecule has 0 saturated carbocycles. The molecular weight excluding hydrogens is 370 g/mol. The molecule has 10 heteroatoms. The van der Waals surface area contributed by atoms with Crippen LogP contribution in [0.3, 0.4) is 0 Å². The third-order valence-electron chi connectivity index (χ3n) is 3.71. The van der Waals surface area contributed by atoms with Crippen molar-refractivity contribution in [2.45, 2.75) is 0 Å². The van der Waals surface area contributed by atoms with Gasteiger partial charge in [-0.1, -0.05) is 0 Å². The fraction of sp³-hybridized carbons (Fsp3) is 0.0556. The van der Waals surface area contributed by atoms with Crippen molar-refractivity contribution < 1.29 is 28.7 Å². The summed E-state index contributed by atoms with van der Waals surface area (Å²) in [4.78, 5) is 37.4. The molecule has 0 spiro atoms. The molecule has 2 N–H and O–H groups in total. The van der Waals surface area contributed by atoms with Crippen LogP contribution in [0.25, 0.3) is 10.9 Å². The number of carbonyl (C=O) groups excluding carboxylic acids is 2. The van der Waals surface area contributed by atoms with Crippen LogP contribution in [0, 0.1) is 10.1 Å². The number of esters is 1. The summed E-state index contributed by atoms with van der Waals surface area (Å²) < 4.78 is 15.3. The highest BCUT2D eigenvalue weighted by Crippen LogP contribution is 2.34. The lowest BCUT2D eigenvalue weighted by Crippen LogP contribution is -2.19. The van der Waals surface area contributed by atoms with Gasteiger partial charge in [0, 0.05) is 29.8 Å². The van der Waals surface area contributed by atoms with E-state index in [0.29, 0.717) is 22.4 Å². The highest BCUT2D eigenvalue weighted by atomic mass is 16.6. The topological polar surface area (TPSA) is 144 Å². The Morgan fingerprint density at radius 2 is 1.82 bits per heavy atom. The van der Waals surface area contributed by atoms with E-state index < -0.39 is 17.0 Å². The smallest absolute Gasteiger partial charge is 0.412 e. The highest BCUT2D eigenvalue weighted by Gasteiger charge is 2.19. The minimum Gasteiger partial charge on any atom is -0.496 e. The van der Waals surface area contributed by atoms with Crippen LogP contribution < -0.4 is 15.2 Å². The number of ether oxygens (including phenoxy) is 3. The summed E-state index contributed by atoms with van der Waals surface area (Å²) >= 11 is 0. The van der Waals surface area contributed by atoms with E-state index >= 15 is 0 Å². The lowest BCUT2D eigenvalue weighted by Gasteiger charge is -2.12. The Hall–Kier alpha value is -4.21. The first-order valence-electron chi connectivity index (χ1n) is 7.79. The van der Waals surface area contributed by atoms with Gasteiger partial charge in [0.05, 0.1) is 17.5 Å². The molecule has 0 fully saturated rings. The van der Waals surface area contributed by atoms with Crippen LogP contribution in [-0.4, -0.2) is 29.1 Å². The first kappa shape index (κ1) is 18.6. The number of nitro groups is 1. The number of fused-ring (bicyclic) bond motifs is 1. The predicted octanol–water partition coefficient (Wildman–Crippen LogP) is 3.18. The number of nitrogens with two attached hydrogens (primary N) is 1. The Balaban J connectivity index is 2.04. The number of primary amides is 1. The maximum atomic E-state index is 12.1. The molecule has 28 heavy (non-hydrogen) atoms. The Bertz CT molecular complexity index is 1080. The van der Waals surface area contributed by atoms with Gasteiger partial charge in [-0.3, -0.25) is 15.1 Å². The standard InChI is InChI=1S/C18H13N3O7/c1-26-16-9-14-12(8-13(16)17(22)28-18(19)23)15(6-7-20-14)27-11-4-2-10(3-5-11)21(24)25/h2-9H,1H3,(H2,19,23). The molecule has 0 atom stereocenters. The Morgan fingerprint density at radius 3 is 2.43 bits per heavy atom. The van der Waals surface area contributed by atoms with Gasteiger partial charge in [0.25, 0.3) is 5.69 Å². The first-order chi connectivity index (χ1) is 13.4. The van der Waals surface area contributed by atoms with E-state index in [1.807, 2.05) is 0 Å². The molecule has 142 valence electrons. The summed E-state index contributed by atoms with van der Waals surface area (Å²) in [6.07, 6.45) is 0.241. The van der Waals surface area contributed by atoms with Crippen LogP contribution in [0.5, 0.6) is 17.2 Å². The van der Waals surface area contributed by atoms with E-state index in [9.17, 15) is 19.7 Å². The second kappa shape index (κ2) is 7.58. The molecule has 0 bridgehead atoms. The second-order valence-electron chi connectivity index (χ2n) is 5.44. The lowest BCUT2D eigenvalue weighted by atomic mass is 10.1. The zero-order valence-electron chi connectivity index (χ0n) is 14.4. The van der Waals surface area contributed by atoms with Gasteiger partial charge in [-0.25, -0.2) is 9.59 Å². The van der Waals surface area contributed by atoms with E-state index in [4.69, 9.17) is 15.2 Å². The van der Waals surface area contributed by atoms with Crippen LogP contribution in [0.4, 0.5) is 10.5 Å². The van der Waals surface area contributed by atoms with Gasteiger partial charge in [-0.05, 0) is 24.3 Å². The van der Waals surface area contributed by atoms with Crippen LogP contribution in [0.1, 0.15) is 10.4 Å². The fourth-order valence-corrected chi connectivity index (χ4v) is 2.47. The molecule has 0 aliphatic heterocycles. The molecule has 0 radical (unpaired) electrons. The molecule has 0 unspecified atom stereocenters. The number of non-ortho nitro benzene ring substituents is 1. The zero-order valence-corrected chi connectivity index (χ0v) is 14.4. The van der Waals surface area contributed by atoms with Gasteiger partial charge in [-0.15, -0.1) is 0 Å². The molecule has 10 nitrogen and oxygen atoms in total. The van der Waals surface area contributed by atoms with Gasteiger partial charge in [-0.2, -0.15) is 0 Å². The van der Waals surface area contributed by atoms with Gasteiger partial charge in [0.1, 0.15) is 22.8 Å². The molecule has 1 heterocycles. The Morgan fingerprint density at radius 1 is 1.11 bits per heavy atom. The van der Waals surface area contributed by atoms with E-state index in [-0.39, 0.29) is 17.0 Å². The third-order valence-corrected chi connectivity index (χ3v) is 3.71. The number of pyridine rings is 1. The zero-order chi connectivity index (χ0) is 20.3. The maximum absolute atomic E-state index is 12.1. The summed E-state index contributed by atoms with van der Waals surface area (Å²) in [7, 11) is 1.35. The van der Waals surface area contributed by atoms with Crippen LogP contribution >= 0.6 is 0 Å². The SMILES string of the molecule is COc1cc2nccc(Oc3ccc([N+](=O)[O-])cc3)c2cc1C(=O)OC(N)=O. The Labute approximate surface area is 157 Å². The predicted molar refractivity (Wildman–Crippen MR) is 96.5 cm³/mol. The monoisotopic (exact) mass is 383 g/mol. The number of carbonyl (C=O) groups is 2. The van der Waals surface area contributed by atoms with E-state index in [1.54, 1.807) is 6.07 Å². The third kappa shape index (κ3) is 3.80. The van der Waals surface area contributed by atoms with Crippen LogP contribution in [-0.2, 0) is 4.74 Å². The van der Waals surface area contributed by atoms with Gasteiger partial charge in [0.15, 0.2) is 0 Å². The molecule has 3 aromatic rings. The van der Waals surface area contributed by atoms with Crippen molar-refractivity contribution >= 4 is 28.7 Å². The molecular formula is C18H13N3O7. The number of hydrogen-bond donors (Lipinski definition) is 1. The quantitative estimate of drug-likeness (QED) is 0.306. The molecule has 1 amide bonds. The van der Waals surface area contributed by atoms with Crippen LogP contribution in [0.15, 0.2) is 48.7 Å². The lowest BCUT2D eigenvalue weighted by molar-refractivity contribution is -0.384. The van der Waals surface area contributed by atoms with Crippen molar-refractivity contribution in [3.63, 3.8) is 0 Å². The van der Waals surface area contributed by atoms with Gasteiger partial charge >= 0.3 is 12.1 Å². The number of amides is 1. The van der Waals surface area contributed by atoms with Crippen LogP contribution in [0.2, 0.25) is 0 Å². The van der Waals surface area contributed by atoms with Crippen molar-refractivity contribution in [1.29, 1.82) is 0 Å². The fourth-order valence-electron chi connectivity index (χ4n) is 2.47. The van der Waals surface area contributed by atoms with Crippen molar-refractivity contribution in [3.8, 4) is 17.2 Å². The van der Waals surface area contributed by atoms with E-state index in [0.717, 1.165) is 0 Å². The largest absolute Gasteiger partial charge is 0.496 e. The summed E-state index contributed by atoms with van der Waals surface area (Å²) in [6, 6.07) is 9.92. The number of methoxy groups -OCH3 is 1. The summed E-state index contributed by atoms with van der Waals surface area (Å²) in [5.74, 6) is -0.181. The summed E-state index contributed by atoms with van der Waals surface area (Å²) in [6.45, 7) is 0. The molecule has 2 aromatic carbocycles. The number of hydrogen-bond acceptors (Lipinski definition) is 8. The van der Waals surface area contributed by atoms with E-state index in [2.05, 4.69) is 9.72 Å². The minimum atomic E-state index is -1.25. The average molecular weight is 383 g/mol. The van der Waals surface area contributed by atoms with E-state index in [1.165, 1.54) is 49.7 Å². The highest BCUT2D eigenvalue weighted by molar-refractivity contribution is 6.02. The normalized spacial score (nSPS) is 10.3. The second-order valence-corrected chi connectivity index (χ2v) is 5.44. The number of aromatic nitrogens is 1. The molecule has 3 rings (SSSR count). The number of nitro benzene ring substituents is 1. The molecule has 0 aliphatic rings. The Kier molecular flexibility index (Phi) is 5.03. The maximum Gasteiger partial charge on any atom is 0.412 e. The van der Waals surface area contributed by atoms with Crippen molar-refractivity contribution in [1.82, 2.24) is 4.98 Å². The number of nitrogens with zero attached hydrogens (tertiary/aromatic N) is 2. The van der Waals surface area contributed by atoms with Gasteiger partial charge in [0.2, 0.25) is 0 Å². The number of benzene rings is 2. The van der Waals surface area contributed by atoms with Crippen molar-refractivity contribution in [2.75, 3.05) is 7.11 Å². The summed E-state index contributed by atoms with van der Waals surface area (Å²) in [5.41, 5.74) is 5.22. The summed E-state index contributed by atoms with van der Waals surface area (Å²) in [5, 5.41) is 11.2. The number of rotatable bonds is 5. The molecule has 0 saturated heterocycles. The van der Waals surface area contributed by atoms with Gasteiger partial charge < -0.3 is 19.9 Å². The molecule has 1 aromatic heterocycles. The average Bonchev–Trinajstić information content (AvgIpc) is 2.67. The first-order valence-corrected chi connectivity index (χ1v) is 7.79. The molecule has 0 aliphatic carbocycles. The van der Waals surface area contributed by atoms with Crippen molar-refractivity contribution in [3.05, 3.63) is 64.3 Å².